The van der Waals surface area contributed by atoms with Crippen molar-refractivity contribution in [3.05, 3.63) is 47.3 Å². The number of carbonyl (C=O) groups excluding carboxylic acids is 2. The predicted molar refractivity (Wildman–Crippen MR) is 95.9 cm³/mol. The Bertz CT molecular complexity index is 910. The Balaban J connectivity index is 1.46. The highest BCUT2D eigenvalue weighted by Gasteiger charge is 2.34. The minimum atomic E-state index is -0.246. The summed E-state index contributed by atoms with van der Waals surface area (Å²) in [5.74, 6) is -0.158. The second-order valence-corrected chi connectivity index (χ2v) is 6.64. The summed E-state index contributed by atoms with van der Waals surface area (Å²) in [5, 5.41) is 9.21. The van der Waals surface area contributed by atoms with E-state index in [4.69, 9.17) is 4.42 Å². The maximum atomic E-state index is 12.7. The second kappa shape index (κ2) is 7.11. The van der Waals surface area contributed by atoms with E-state index in [1.54, 1.807) is 21.9 Å². The fourth-order valence-electron chi connectivity index (χ4n) is 3.45. The number of likely N-dealkylation sites (tertiary alicyclic amines) is 1. The van der Waals surface area contributed by atoms with Crippen LogP contribution in [0.15, 0.2) is 34.9 Å². The first-order valence-corrected chi connectivity index (χ1v) is 8.96. The van der Waals surface area contributed by atoms with Gasteiger partial charge in [0.1, 0.15) is 6.26 Å². The lowest BCUT2D eigenvalue weighted by atomic mass is 10.1. The summed E-state index contributed by atoms with van der Waals surface area (Å²) < 4.78 is 5.41. The molecule has 3 amide bonds. The Hall–Kier alpha value is -3.34. The van der Waals surface area contributed by atoms with E-state index in [0.29, 0.717) is 25.2 Å². The molecule has 1 aromatic carbocycles. The number of hydrogen-bond donors (Lipinski definition) is 0. The number of amides is 3. The van der Waals surface area contributed by atoms with E-state index in [-0.39, 0.29) is 23.6 Å². The number of oxazole rings is 1. The van der Waals surface area contributed by atoms with Crippen molar-refractivity contribution in [2.75, 3.05) is 31.1 Å². The number of rotatable bonds is 4. The van der Waals surface area contributed by atoms with Gasteiger partial charge in [0.25, 0.3) is 5.91 Å². The van der Waals surface area contributed by atoms with Crippen LogP contribution in [0.2, 0.25) is 0 Å². The minimum Gasteiger partial charge on any atom is -0.431 e. The Labute approximate surface area is 156 Å². The summed E-state index contributed by atoms with van der Waals surface area (Å²) >= 11 is 0. The van der Waals surface area contributed by atoms with Crippen LogP contribution < -0.4 is 4.90 Å². The predicted octanol–water partition coefficient (Wildman–Crippen LogP) is 2.22. The average Bonchev–Trinajstić information content (AvgIpc) is 3.43. The van der Waals surface area contributed by atoms with Crippen molar-refractivity contribution in [2.24, 2.45) is 0 Å². The summed E-state index contributed by atoms with van der Waals surface area (Å²) in [5.41, 5.74) is 1.58. The summed E-state index contributed by atoms with van der Waals surface area (Å²) in [4.78, 5) is 34.2. The number of nitriles is 1. The Morgan fingerprint density at radius 1 is 1.19 bits per heavy atom. The molecular formula is C19H19N5O3. The molecule has 2 fully saturated rings. The average molecular weight is 365 g/mol. The molecule has 1 aromatic heterocycles. The first kappa shape index (κ1) is 17.1. The maximum Gasteiger partial charge on any atom is 0.328 e. The van der Waals surface area contributed by atoms with E-state index in [2.05, 4.69) is 11.1 Å². The van der Waals surface area contributed by atoms with Crippen molar-refractivity contribution in [3.63, 3.8) is 0 Å². The number of nitrogens with zero attached hydrogens (tertiary/aromatic N) is 5. The molecule has 2 aromatic rings. The number of benzene rings is 1. The number of carbonyl (C=O) groups is 2. The smallest absolute Gasteiger partial charge is 0.328 e. The van der Waals surface area contributed by atoms with Gasteiger partial charge >= 0.3 is 12.0 Å². The van der Waals surface area contributed by atoms with Gasteiger partial charge in [0.15, 0.2) is 5.69 Å². The van der Waals surface area contributed by atoms with Gasteiger partial charge in [-0.05, 0) is 24.5 Å². The molecule has 8 heteroatoms. The van der Waals surface area contributed by atoms with Crippen molar-refractivity contribution >= 4 is 18.0 Å². The van der Waals surface area contributed by atoms with Crippen LogP contribution in [-0.4, -0.2) is 52.9 Å². The third kappa shape index (κ3) is 3.24. The minimum absolute atomic E-state index is 0.138. The molecule has 0 N–H and O–H groups in total. The van der Waals surface area contributed by atoms with E-state index in [0.717, 1.165) is 31.5 Å². The van der Waals surface area contributed by atoms with Gasteiger partial charge in [0.2, 0.25) is 0 Å². The van der Waals surface area contributed by atoms with E-state index >= 15 is 0 Å². The van der Waals surface area contributed by atoms with Crippen LogP contribution in [0.5, 0.6) is 0 Å². The molecule has 0 unspecified atom stereocenters. The summed E-state index contributed by atoms with van der Waals surface area (Å²) in [6, 6.07) is 9.25. The number of anilines is 1. The van der Waals surface area contributed by atoms with Crippen molar-refractivity contribution in [2.45, 2.75) is 19.4 Å². The first-order chi connectivity index (χ1) is 13.2. The van der Waals surface area contributed by atoms with Gasteiger partial charge < -0.3 is 14.2 Å². The standard InChI is InChI=1S/C19H19N5O3/c20-11-14-5-1-2-6-15(14)12-23-9-10-24(19(23)26)18-21-16(13-27-18)17(25)22-7-3-4-8-22/h1-2,5-6,13H,3-4,7-10,12H2. The molecule has 4 rings (SSSR count). The number of aromatic nitrogens is 1. The second-order valence-electron chi connectivity index (χ2n) is 6.64. The van der Waals surface area contributed by atoms with Crippen LogP contribution in [-0.2, 0) is 6.54 Å². The van der Waals surface area contributed by atoms with E-state index < -0.39 is 0 Å². The van der Waals surface area contributed by atoms with Gasteiger partial charge in [-0.1, -0.05) is 18.2 Å². The van der Waals surface area contributed by atoms with Crippen molar-refractivity contribution in [3.8, 4) is 6.07 Å². The first-order valence-electron chi connectivity index (χ1n) is 8.96. The molecule has 2 saturated heterocycles. The summed E-state index contributed by atoms with van der Waals surface area (Å²) in [6.45, 7) is 2.73. The van der Waals surface area contributed by atoms with Crippen LogP contribution in [0.3, 0.4) is 0 Å². The molecule has 0 radical (unpaired) electrons. The van der Waals surface area contributed by atoms with Crippen LogP contribution in [0.25, 0.3) is 0 Å². The van der Waals surface area contributed by atoms with Gasteiger partial charge in [-0.3, -0.25) is 4.79 Å². The van der Waals surface area contributed by atoms with E-state index in [1.165, 1.54) is 11.2 Å². The molecule has 0 spiro atoms. The lowest BCUT2D eigenvalue weighted by Gasteiger charge is -2.17. The Kier molecular flexibility index (Phi) is 4.50. The van der Waals surface area contributed by atoms with Gasteiger partial charge in [-0.2, -0.15) is 10.2 Å². The third-order valence-electron chi connectivity index (χ3n) is 4.93. The number of urea groups is 1. The molecule has 27 heavy (non-hydrogen) atoms. The molecule has 2 aliphatic heterocycles. The molecule has 3 heterocycles. The molecule has 2 aliphatic rings. The summed E-state index contributed by atoms with van der Waals surface area (Å²) in [6.07, 6.45) is 3.32. The highest BCUT2D eigenvalue weighted by atomic mass is 16.4. The quantitative estimate of drug-likeness (QED) is 0.828. The zero-order chi connectivity index (χ0) is 18.8. The van der Waals surface area contributed by atoms with Crippen LogP contribution in [0.4, 0.5) is 10.8 Å². The maximum absolute atomic E-state index is 12.7. The van der Waals surface area contributed by atoms with Gasteiger partial charge in [-0.15, -0.1) is 0 Å². The van der Waals surface area contributed by atoms with Gasteiger partial charge in [0.05, 0.1) is 11.6 Å². The Morgan fingerprint density at radius 2 is 1.96 bits per heavy atom. The fourth-order valence-corrected chi connectivity index (χ4v) is 3.45. The molecule has 0 bridgehead atoms. The van der Waals surface area contributed by atoms with Crippen LogP contribution in [0, 0.1) is 11.3 Å². The van der Waals surface area contributed by atoms with E-state index in [1.807, 2.05) is 12.1 Å². The Morgan fingerprint density at radius 3 is 2.74 bits per heavy atom. The third-order valence-corrected chi connectivity index (χ3v) is 4.93. The molecule has 8 nitrogen and oxygen atoms in total. The van der Waals surface area contributed by atoms with Crippen molar-refractivity contribution in [1.29, 1.82) is 5.26 Å². The fraction of sp³-hybridized carbons (Fsp3) is 0.368. The van der Waals surface area contributed by atoms with Crippen molar-refractivity contribution < 1.29 is 14.0 Å². The highest BCUT2D eigenvalue weighted by molar-refractivity contribution is 5.95. The molecule has 0 aliphatic carbocycles. The van der Waals surface area contributed by atoms with Gasteiger partial charge in [0, 0.05) is 32.7 Å². The molecule has 0 saturated carbocycles. The van der Waals surface area contributed by atoms with Gasteiger partial charge in [-0.25, -0.2) is 9.69 Å². The SMILES string of the molecule is N#Cc1ccccc1CN1CCN(c2nc(C(=O)N3CCCC3)co2)C1=O. The van der Waals surface area contributed by atoms with Crippen molar-refractivity contribution in [1.82, 2.24) is 14.8 Å². The van der Waals surface area contributed by atoms with E-state index in [9.17, 15) is 14.9 Å². The molecular weight excluding hydrogens is 346 g/mol. The molecule has 138 valence electrons. The van der Waals surface area contributed by atoms with Crippen LogP contribution in [0.1, 0.15) is 34.5 Å². The summed E-state index contributed by atoms with van der Waals surface area (Å²) in [7, 11) is 0. The number of hydrogen-bond acceptors (Lipinski definition) is 5. The largest absolute Gasteiger partial charge is 0.431 e. The normalized spacial score (nSPS) is 16.9. The molecule has 0 atom stereocenters. The lowest BCUT2D eigenvalue weighted by Crippen LogP contribution is -2.32. The highest BCUT2D eigenvalue weighted by Crippen LogP contribution is 2.23. The zero-order valence-corrected chi connectivity index (χ0v) is 14.8. The lowest BCUT2D eigenvalue weighted by molar-refractivity contribution is 0.0787. The topological polar surface area (TPSA) is 93.7 Å². The van der Waals surface area contributed by atoms with Crippen LogP contribution >= 0.6 is 0 Å². The monoisotopic (exact) mass is 365 g/mol. The zero-order valence-electron chi connectivity index (χ0n) is 14.8.